The molecule has 2 aromatic heterocycles. The number of ether oxygens (including phenoxy) is 2. The second kappa shape index (κ2) is 10.0. The van der Waals surface area contributed by atoms with Crippen molar-refractivity contribution in [3.63, 3.8) is 0 Å². The van der Waals surface area contributed by atoms with Gasteiger partial charge in [0.2, 0.25) is 5.91 Å². The zero-order valence-corrected chi connectivity index (χ0v) is 20.6. The van der Waals surface area contributed by atoms with Crippen LogP contribution in [-0.2, 0) is 17.9 Å². The third-order valence-electron chi connectivity index (χ3n) is 5.87. The van der Waals surface area contributed by atoms with Crippen LogP contribution in [0.4, 0.5) is 0 Å². The molecule has 182 valence electrons. The molecule has 0 bridgehead atoms. The Balaban J connectivity index is 1.57. The Labute approximate surface area is 203 Å². The fourth-order valence-corrected chi connectivity index (χ4v) is 4.14. The quantitative estimate of drug-likeness (QED) is 0.389. The molecule has 0 fully saturated rings. The normalized spacial score (nSPS) is 11.0. The van der Waals surface area contributed by atoms with Gasteiger partial charge in [0.25, 0.3) is 5.56 Å². The summed E-state index contributed by atoms with van der Waals surface area (Å²) in [7, 11) is 3.15. The highest BCUT2D eigenvalue weighted by molar-refractivity contribution is 5.78. The molecule has 2 heterocycles. The molecule has 0 atom stereocenters. The summed E-state index contributed by atoms with van der Waals surface area (Å²) in [6.07, 6.45) is 2.91. The Kier molecular flexibility index (Phi) is 6.86. The summed E-state index contributed by atoms with van der Waals surface area (Å²) in [6, 6.07) is 11.6. The Bertz CT molecular complexity index is 1420. The highest BCUT2D eigenvalue weighted by atomic mass is 16.5. The molecule has 0 unspecified atom stereocenters. The molecule has 4 aromatic rings. The minimum absolute atomic E-state index is 0.113. The van der Waals surface area contributed by atoms with E-state index >= 15 is 0 Å². The van der Waals surface area contributed by atoms with Crippen molar-refractivity contribution in [1.82, 2.24) is 24.2 Å². The minimum atomic E-state index is -0.304. The number of hydrogen-bond acceptors (Lipinski definition) is 6. The van der Waals surface area contributed by atoms with Crippen molar-refractivity contribution >= 4 is 16.9 Å². The lowest BCUT2D eigenvalue weighted by molar-refractivity contribution is -0.132. The monoisotopic (exact) mass is 475 g/mol. The Morgan fingerprint density at radius 2 is 1.74 bits per heavy atom. The number of carbonyl (C=O) groups is 1. The second-order valence-corrected chi connectivity index (χ2v) is 8.41. The number of rotatable bonds is 8. The van der Waals surface area contributed by atoms with E-state index in [1.54, 1.807) is 23.8 Å². The van der Waals surface area contributed by atoms with E-state index in [9.17, 15) is 9.59 Å². The fourth-order valence-electron chi connectivity index (χ4n) is 4.14. The number of aryl methyl sites for hydroxylation is 2. The SMILES string of the molecule is CCN(Cc1ccc(OC)c(OC)c1)C(=O)Cn1cnc2c(cnn2-c2cc(C)cc(C)c2)c1=O. The first-order chi connectivity index (χ1) is 16.8. The Hall–Kier alpha value is -4.14. The number of fused-ring (bicyclic) bond motifs is 1. The second-order valence-electron chi connectivity index (χ2n) is 8.41. The zero-order valence-electron chi connectivity index (χ0n) is 20.6. The molecule has 0 saturated heterocycles. The lowest BCUT2D eigenvalue weighted by Gasteiger charge is -2.22. The fraction of sp³-hybridized carbons (Fsp3) is 0.308. The van der Waals surface area contributed by atoms with E-state index in [-0.39, 0.29) is 18.0 Å². The summed E-state index contributed by atoms with van der Waals surface area (Å²) < 4.78 is 13.6. The summed E-state index contributed by atoms with van der Waals surface area (Å²) in [5.74, 6) is 1.03. The lowest BCUT2D eigenvalue weighted by atomic mass is 10.1. The van der Waals surface area contributed by atoms with Gasteiger partial charge >= 0.3 is 0 Å². The van der Waals surface area contributed by atoms with Crippen LogP contribution in [0.1, 0.15) is 23.6 Å². The van der Waals surface area contributed by atoms with Crippen molar-refractivity contribution < 1.29 is 14.3 Å². The first-order valence-corrected chi connectivity index (χ1v) is 11.3. The number of nitrogens with zero attached hydrogens (tertiary/aromatic N) is 5. The van der Waals surface area contributed by atoms with Crippen LogP contribution >= 0.6 is 0 Å². The van der Waals surface area contributed by atoms with Gasteiger partial charge in [0, 0.05) is 13.1 Å². The smallest absolute Gasteiger partial charge is 0.264 e. The Morgan fingerprint density at radius 3 is 2.40 bits per heavy atom. The van der Waals surface area contributed by atoms with Crippen LogP contribution in [0.25, 0.3) is 16.7 Å². The molecule has 9 heteroatoms. The van der Waals surface area contributed by atoms with Crippen molar-refractivity contribution in [2.45, 2.75) is 33.9 Å². The summed E-state index contributed by atoms with van der Waals surface area (Å²) in [6.45, 7) is 6.67. The van der Waals surface area contributed by atoms with Crippen molar-refractivity contribution in [1.29, 1.82) is 0 Å². The molecule has 4 rings (SSSR count). The van der Waals surface area contributed by atoms with Gasteiger partial charge in [0.15, 0.2) is 17.1 Å². The van der Waals surface area contributed by atoms with Gasteiger partial charge in [-0.05, 0) is 61.7 Å². The maximum Gasteiger partial charge on any atom is 0.264 e. The number of benzene rings is 2. The van der Waals surface area contributed by atoms with Gasteiger partial charge in [0.1, 0.15) is 18.3 Å². The molecule has 0 spiro atoms. The number of amides is 1. The van der Waals surface area contributed by atoms with Gasteiger partial charge in [0.05, 0.1) is 26.1 Å². The third kappa shape index (κ3) is 4.89. The number of likely N-dealkylation sites (N-methyl/N-ethyl adjacent to an activating group) is 1. The molecule has 0 aliphatic carbocycles. The van der Waals surface area contributed by atoms with E-state index in [2.05, 4.69) is 16.1 Å². The van der Waals surface area contributed by atoms with Gasteiger partial charge in [-0.2, -0.15) is 5.10 Å². The molecule has 0 saturated carbocycles. The maximum absolute atomic E-state index is 13.1. The van der Waals surface area contributed by atoms with Crippen molar-refractivity contribution in [3.05, 3.63) is 76.0 Å². The topological polar surface area (TPSA) is 91.5 Å². The zero-order chi connectivity index (χ0) is 25.1. The Morgan fingerprint density at radius 1 is 1.03 bits per heavy atom. The molecular weight excluding hydrogens is 446 g/mol. The average molecular weight is 476 g/mol. The van der Waals surface area contributed by atoms with E-state index in [0.29, 0.717) is 35.6 Å². The standard InChI is InChI=1S/C26H29N5O4/c1-6-29(14-19-7-8-22(34-4)23(12-19)35-5)24(32)15-30-16-27-25-21(26(30)33)13-28-31(25)20-10-17(2)9-18(3)11-20/h7-13,16H,6,14-15H2,1-5H3. The van der Waals surface area contributed by atoms with Gasteiger partial charge < -0.3 is 14.4 Å². The van der Waals surface area contributed by atoms with E-state index in [1.807, 2.05) is 51.1 Å². The van der Waals surface area contributed by atoms with Crippen LogP contribution in [0.5, 0.6) is 11.5 Å². The number of aromatic nitrogens is 4. The molecule has 0 N–H and O–H groups in total. The summed E-state index contributed by atoms with van der Waals surface area (Å²) >= 11 is 0. The van der Waals surface area contributed by atoms with Crippen LogP contribution in [0, 0.1) is 13.8 Å². The van der Waals surface area contributed by atoms with Crippen LogP contribution in [0.15, 0.2) is 53.7 Å². The van der Waals surface area contributed by atoms with Crippen LogP contribution in [0.2, 0.25) is 0 Å². The number of hydrogen-bond donors (Lipinski definition) is 0. The number of carbonyl (C=O) groups excluding carboxylic acids is 1. The van der Waals surface area contributed by atoms with Gasteiger partial charge in [-0.25, -0.2) is 9.67 Å². The van der Waals surface area contributed by atoms with Crippen LogP contribution < -0.4 is 15.0 Å². The number of methoxy groups -OCH3 is 2. The molecule has 0 radical (unpaired) electrons. The summed E-state index contributed by atoms with van der Waals surface area (Å²) in [4.78, 5) is 32.4. The minimum Gasteiger partial charge on any atom is -0.493 e. The van der Waals surface area contributed by atoms with Gasteiger partial charge in [-0.15, -0.1) is 0 Å². The maximum atomic E-state index is 13.1. The molecule has 35 heavy (non-hydrogen) atoms. The van der Waals surface area contributed by atoms with E-state index in [0.717, 1.165) is 22.4 Å². The molecule has 9 nitrogen and oxygen atoms in total. The van der Waals surface area contributed by atoms with Crippen LogP contribution in [0.3, 0.4) is 0 Å². The van der Waals surface area contributed by atoms with E-state index < -0.39 is 0 Å². The van der Waals surface area contributed by atoms with E-state index in [1.165, 1.54) is 17.1 Å². The molecule has 0 aliphatic rings. The van der Waals surface area contributed by atoms with Crippen molar-refractivity contribution in [2.75, 3.05) is 20.8 Å². The first kappa shape index (κ1) is 24.0. The lowest BCUT2D eigenvalue weighted by Crippen LogP contribution is -2.36. The highest BCUT2D eigenvalue weighted by Crippen LogP contribution is 2.28. The third-order valence-corrected chi connectivity index (χ3v) is 5.87. The molecule has 1 amide bonds. The predicted octanol–water partition coefficient (Wildman–Crippen LogP) is 3.26. The summed E-state index contributed by atoms with van der Waals surface area (Å²) in [5.41, 5.74) is 4.08. The predicted molar refractivity (Wildman–Crippen MR) is 133 cm³/mol. The highest BCUT2D eigenvalue weighted by Gasteiger charge is 2.18. The van der Waals surface area contributed by atoms with Crippen molar-refractivity contribution in [2.24, 2.45) is 0 Å². The van der Waals surface area contributed by atoms with E-state index in [4.69, 9.17) is 9.47 Å². The largest absolute Gasteiger partial charge is 0.493 e. The van der Waals surface area contributed by atoms with Crippen molar-refractivity contribution in [3.8, 4) is 17.2 Å². The molecular formula is C26H29N5O4. The molecule has 2 aromatic carbocycles. The van der Waals surface area contributed by atoms with Gasteiger partial charge in [-0.1, -0.05) is 12.1 Å². The summed E-state index contributed by atoms with van der Waals surface area (Å²) in [5, 5.41) is 4.75. The first-order valence-electron chi connectivity index (χ1n) is 11.3. The average Bonchev–Trinajstić information content (AvgIpc) is 3.28. The van der Waals surface area contributed by atoms with Gasteiger partial charge in [-0.3, -0.25) is 14.2 Å². The van der Waals surface area contributed by atoms with Crippen LogP contribution in [-0.4, -0.2) is 50.9 Å². The molecule has 0 aliphatic heterocycles.